The van der Waals surface area contributed by atoms with Gasteiger partial charge in [0.05, 0.1) is 12.7 Å². The number of rotatable bonds is 2. The third-order valence-corrected chi connectivity index (χ3v) is 4.01. The molecule has 3 nitrogen and oxygen atoms in total. The Morgan fingerprint density at radius 2 is 2.53 bits per heavy atom. The minimum absolute atomic E-state index is 0.414. The Balaban J connectivity index is 1.69. The van der Waals surface area contributed by atoms with Gasteiger partial charge in [0, 0.05) is 32.2 Å². The molecule has 0 radical (unpaired) electrons. The van der Waals surface area contributed by atoms with Gasteiger partial charge in [-0.25, -0.2) is 0 Å². The molecule has 2 saturated heterocycles. The van der Waals surface area contributed by atoms with Crippen LogP contribution in [0.1, 0.15) is 5.56 Å². The van der Waals surface area contributed by atoms with Crippen LogP contribution >= 0.6 is 11.3 Å². The molecule has 3 rings (SSSR count). The number of thiophene rings is 1. The van der Waals surface area contributed by atoms with Gasteiger partial charge in [-0.15, -0.1) is 0 Å². The first-order valence-corrected chi connectivity index (χ1v) is 6.45. The van der Waals surface area contributed by atoms with Crippen LogP contribution in [-0.4, -0.2) is 43.3 Å². The van der Waals surface area contributed by atoms with Crippen molar-refractivity contribution in [2.75, 3.05) is 26.2 Å². The second-order valence-corrected chi connectivity index (χ2v) is 5.02. The summed E-state index contributed by atoms with van der Waals surface area (Å²) in [6.45, 7) is 5.13. The first-order chi connectivity index (χ1) is 7.43. The van der Waals surface area contributed by atoms with Crippen molar-refractivity contribution in [3.05, 3.63) is 22.4 Å². The summed E-state index contributed by atoms with van der Waals surface area (Å²) in [4.78, 5) is 2.55. The molecule has 2 aliphatic heterocycles. The van der Waals surface area contributed by atoms with E-state index in [1.165, 1.54) is 5.56 Å². The molecule has 4 heteroatoms. The van der Waals surface area contributed by atoms with E-state index in [2.05, 4.69) is 27.0 Å². The van der Waals surface area contributed by atoms with Crippen LogP contribution < -0.4 is 5.32 Å². The maximum absolute atomic E-state index is 5.75. The lowest BCUT2D eigenvalue weighted by atomic mass is 10.1. The zero-order chi connectivity index (χ0) is 10.1. The molecule has 2 aliphatic rings. The molecule has 1 aromatic rings. The minimum Gasteiger partial charge on any atom is -0.374 e. The van der Waals surface area contributed by atoms with E-state index in [9.17, 15) is 0 Å². The van der Waals surface area contributed by atoms with Gasteiger partial charge in [0.1, 0.15) is 0 Å². The van der Waals surface area contributed by atoms with Gasteiger partial charge in [0.2, 0.25) is 0 Å². The summed E-state index contributed by atoms with van der Waals surface area (Å²) in [6.07, 6.45) is 0.414. The Kier molecular flexibility index (Phi) is 2.75. The SMILES string of the molecule is c1cc(CN2CCO[C@H]3CNC[C@H]32)cs1. The zero-order valence-electron chi connectivity index (χ0n) is 8.69. The smallest absolute Gasteiger partial charge is 0.0867 e. The van der Waals surface area contributed by atoms with Crippen LogP contribution in [0.15, 0.2) is 16.8 Å². The van der Waals surface area contributed by atoms with Gasteiger partial charge in [0.25, 0.3) is 0 Å². The van der Waals surface area contributed by atoms with Crippen molar-refractivity contribution >= 4 is 11.3 Å². The quantitative estimate of drug-likeness (QED) is 0.808. The Labute approximate surface area is 94.0 Å². The van der Waals surface area contributed by atoms with Crippen LogP contribution in [-0.2, 0) is 11.3 Å². The fraction of sp³-hybridized carbons (Fsp3) is 0.636. The number of ether oxygens (including phenoxy) is 1. The first kappa shape index (κ1) is 9.78. The number of nitrogens with one attached hydrogen (secondary N) is 1. The second-order valence-electron chi connectivity index (χ2n) is 4.24. The third-order valence-electron chi connectivity index (χ3n) is 3.27. The van der Waals surface area contributed by atoms with Crippen molar-refractivity contribution in [1.29, 1.82) is 0 Å². The highest BCUT2D eigenvalue weighted by Gasteiger charge is 2.35. The molecular formula is C11H16N2OS. The summed E-state index contributed by atoms with van der Waals surface area (Å²) >= 11 is 1.78. The zero-order valence-corrected chi connectivity index (χ0v) is 9.50. The van der Waals surface area contributed by atoms with E-state index in [0.29, 0.717) is 12.1 Å². The van der Waals surface area contributed by atoms with E-state index in [0.717, 1.165) is 32.8 Å². The normalized spacial score (nSPS) is 31.7. The topological polar surface area (TPSA) is 24.5 Å². The molecule has 1 aromatic heterocycles. The highest BCUT2D eigenvalue weighted by Crippen LogP contribution is 2.20. The summed E-state index contributed by atoms with van der Waals surface area (Å²) < 4.78 is 5.75. The molecule has 0 amide bonds. The van der Waals surface area contributed by atoms with Crippen molar-refractivity contribution < 1.29 is 4.74 Å². The van der Waals surface area contributed by atoms with Gasteiger partial charge >= 0.3 is 0 Å². The molecule has 2 atom stereocenters. The molecule has 0 saturated carbocycles. The summed E-state index contributed by atoms with van der Waals surface area (Å²) in [5, 5.41) is 7.81. The highest BCUT2D eigenvalue weighted by atomic mass is 32.1. The monoisotopic (exact) mass is 224 g/mol. The molecule has 82 valence electrons. The van der Waals surface area contributed by atoms with Gasteiger partial charge in [-0.3, -0.25) is 4.90 Å². The fourth-order valence-electron chi connectivity index (χ4n) is 2.48. The van der Waals surface area contributed by atoms with Gasteiger partial charge < -0.3 is 10.1 Å². The van der Waals surface area contributed by atoms with Crippen LogP contribution in [0.2, 0.25) is 0 Å². The maximum Gasteiger partial charge on any atom is 0.0867 e. The molecule has 0 spiro atoms. The number of fused-ring (bicyclic) bond motifs is 1. The summed E-state index contributed by atoms with van der Waals surface area (Å²) in [6, 6.07) is 2.80. The van der Waals surface area contributed by atoms with E-state index < -0.39 is 0 Å². The van der Waals surface area contributed by atoms with Crippen LogP contribution in [0.4, 0.5) is 0 Å². The van der Waals surface area contributed by atoms with Crippen molar-refractivity contribution in [1.82, 2.24) is 10.2 Å². The summed E-state index contributed by atoms with van der Waals surface area (Å²) in [7, 11) is 0. The lowest BCUT2D eigenvalue weighted by Gasteiger charge is -2.36. The summed E-state index contributed by atoms with van der Waals surface area (Å²) in [5.74, 6) is 0. The van der Waals surface area contributed by atoms with E-state index in [-0.39, 0.29) is 0 Å². The third kappa shape index (κ3) is 1.95. The molecule has 0 unspecified atom stereocenters. The van der Waals surface area contributed by atoms with Crippen LogP contribution in [0.25, 0.3) is 0 Å². The van der Waals surface area contributed by atoms with Crippen LogP contribution in [0.3, 0.4) is 0 Å². The predicted octanol–water partition coefficient (Wildman–Crippen LogP) is 0.921. The Morgan fingerprint density at radius 1 is 1.53 bits per heavy atom. The number of hydrogen-bond acceptors (Lipinski definition) is 4. The predicted molar refractivity (Wildman–Crippen MR) is 61.1 cm³/mol. The summed E-state index contributed by atoms with van der Waals surface area (Å²) in [5.41, 5.74) is 1.44. The standard InChI is InChI=1S/C11H16N2OS/c1-4-15-8-9(1)7-13-2-3-14-11-6-12-5-10(11)13/h1,4,8,10-12H,2-3,5-7H2/t10-,11+/m1/s1. The molecule has 15 heavy (non-hydrogen) atoms. The average Bonchev–Trinajstić information content (AvgIpc) is 2.87. The lowest BCUT2D eigenvalue weighted by Crippen LogP contribution is -2.50. The Bertz CT molecular complexity index is 314. The number of hydrogen-bond donors (Lipinski definition) is 1. The lowest BCUT2D eigenvalue weighted by molar-refractivity contribution is -0.0500. The molecular weight excluding hydrogens is 208 g/mol. The molecule has 0 aromatic carbocycles. The van der Waals surface area contributed by atoms with Crippen LogP contribution in [0, 0.1) is 0 Å². The molecule has 3 heterocycles. The minimum atomic E-state index is 0.414. The highest BCUT2D eigenvalue weighted by molar-refractivity contribution is 7.07. The average molecular weight is 224 g/mol. The van der Waals surface area contributed by atoms with E-state index >= 15 is 0 Å². The van der Waals surface area contributed by atoms with E-state index in [1.54, 1.807) is 11.3 Å². The number of morpholine rings is 1. The van der Waals surface area contributed by atoms with Gasteiger partial charge in [0.15, 0.2) is 0 Å². The molecule has 1 N–H and O–H groups in total. The Morgan fingerprint density at radius 3 is 3.40 bits per heavy atom. The number of nitrogens with zero attached hydrogens (tertiary/aromatic N) is 1. The largest absolute Gasteiger partial charge is 0.374 e. The Hall–Kier alpha value is -0.420. The van der Waals surface area contributed by atoms with Crippen molar-refractivity contribution in [2.45, 2.75) is 18.7 Å². The van der Waals surface area contributed by atoms with Crippen LogP contribution in [0.5, 0.6) is 0 Å². The van der Waals surface area contributed by atoms with E-state index in [1.807, 2.05) is 0 Å². The molecule has 0 bridgehead atoms. The second kappa shape index (κ2) is 4.22. The van der Waals surface area contributed by atoms with Gasteiger partial charge in [-0.2, -0.15) is 11.3 Å². The van der Waals surface area contributed by atoms with Crippen molar-refractivity contribution in [2.24, 2.45) is 0 Å². The molecule has 2 fully saturated rings. The first-order valence-electron chi connectivity index (χ1n) is 5.51. The van der Waals surface area contributed by atoms with Gasteiger partial charge in [-0.05, 0) is 22.4 Å². The van der Waals surface area contributed by atoms with Gasteiger partial charge in [-0.1, -0.05) is 0 Å². The van der Waals surface area contributed by atoms with E-state index in [4.69, 9.17) is 4.74 Å². The fourth-order valence-corrected chi connectivity index (χ4v) is 3.14. The van der Waals surface area contributed by atoms with Crippen molar-refractivity contribution in [3.8, 4) is 0 Å². The maximum atomic E-state index is 5.75. The van der Waals surface area contributed by atoms with Crippen molar-refractivity contribution in [3.63, 3.8) is 0 Å². The molecule has 0 aliphatic carbocycles.